The quantitative estimate of drug-likeness (QED) is 0.912. The van der Waals surface area contributed by atoms with Crippen LogP contribution >= 0.6 is 15.9 Å². The van der Waals surface area contributed by atoms with Gasteiger partial charge in [-0.15, -0.1) is 0 Å². The van der Waals surface area contributed by atoms with E-state index in [0.29, 0.717) is 11.3 Å². The summed E-state index contributed by atoms with van der Waals surface area (Å²) in [5, 5.41) is 18.9. The Hall–Kier alpha value is -1.05. The minimum Gasteiger partial charge on any atom is -0.486 e. The Kier molecular flexibility index (Phi) is 4.03. The molecule has 0 spiro atoms. The molecule has 0 saturated heterocycles. The van der Waals surface area contributed by atoms with E-state index in [4.69, 9.17) is 10.00 Å². The van der Waals surface area contributed by atoms with Crippen LogP contribution in [0.4, 0.5) is 0 Å². The van der Waals surface area contributed by atoms with Gasteiger partial charge >= 0.3 is 0 Å². The van der Waals surface area contributed by atoms with Gasteiger partial charge in [0.1, 0.15) is 17.9 Å². The molecule has 0 amide bonds. The molecular weight excluding hydrogens is 282 g/mol. The van der Waals surface area contributed by atoms with E-state index in [1.54, 1.807) is 12.1 Å². The van der Waals surface area contributed by atoms with Gasteiger partial charge in [0, 0.05) is 4.47 Å². The smallest absolute Gasteiger partial charge is 0.137 e. The molecule has 0 radical (unpaired) electrons. The van der Waals surface area contributed by atoms with E-state index < -0.39 is 6.10 Å². The van der Waals surface area contributed by atoms with Crippen molar-refractivity contribution in [2.24, 2.45) is 0 Å². The van der Waals surface area contributed by atoms with Crippen LogP contribution in [0, 0.1) is 11.3 Å². The third kappa shape index (κ3) is 2.99. The monoisotopic (exact) mass is 295 g/mol. The minimum atomic E-state index is -0.418. The van der Waals surface area contributed by atoms with Crippen LogP contribution in [0.1, 0.15) is 31.2 Å². The number of hydrogen-bond acceptors (Lipinski definition) is 3. The zero-order valence-electron chi connectivity index (χ0n) is 9.40. The van der Waals surface area contributed by atoms with E-state index in [1.807, 2.05) is 6.07 Å². The van der Waals surface area contributed by atoms with Crippen molar-refractivity contribution in [3.05, 3.63) is 28.2 Å². The highest BCUT2D eigenvalue weighted by Crippen LogP contribution is 2.27. The zero-order chi connectivity index (χ0) is 12.3. The number of benzene rings is 1. The van der Waals surface area contributed by atoms with E-state index in [1.165, 1.54) is 0 Å². The van der Waals surface area contributed by atoms with Gasteiger partial charge in [-0.25, -0.2) is 0 Å². The van der Waals surface area contributed by atoms with Gasteiger partial charge in [0.15, 0.2) is 0 Å². The van der Waals surface area contributed by atoms with Crippen molar-refractivity contribution in [1.29, 1.82) is 5.26 Å². The molecule has 0 heterocycles. The summed E-state index contributed by atoms with van der Waals surface area (Å²) >= 11 is 3.32. The zero-order valence-corrected chi connectivity index (χ0v) is 11.0. The Balaban J connectivity index is 2.15. The van der Waals surface area contributed by atoms with E-state index >= 15 is 0 Å². The van der Waals surface area contributed by atoms with Crippen molar-refractivity contribution in [1.82, 2.24) is 0 Å². The molecule has 17 heavy (non-hydrogen) atoms. The fourth-order valence-electron chi connectivity index (χ4n) is 2.07. The van der Waals surface area contributed by atoms with Crippen LogP contribution in [0.2, 0.25) is 0 Å². The van der Waals surface area contributed by atoms with Gasteiger partial charge in [-0.3, -0.25) is 0 Å². The summed E-state index contributed by atoms with van der Waals surface area (Å²) in [6.07, 6.45) is 3.15. The van der Waals surface area contributed by atoms with Gasteiger partial charge < -0.3 is 9.84 Å². The molecule has 90 valence electrons. The second-order valence-corrected chi connectivity index (χ2v) is 5.18. The van der Waals surface area contributed by atoms with Crippen LogP contribution in [0.3, 0.4) is 0 Å². The van der Waals surface area contributed by atoms with E-state index in [9.17, 15) is 5.11 Å². The molecule has 2 atom stereocenters. The maximum absolute atomic E-state index is 9.83. The van der Waals surface area contributed by atoms with Gasteiger partial charge in [0.25, 0.3) is 0 Å². The molecule has 4 heteroatoms. The first-order valence-electron chi connectivity index (χ1n) is 5.75. The number of aliphatic hydroxyl groups excluding tert-OH is 1. The van der Waals surface area contributed by atoms with Gasteiger partial charge in [0.2, 0.25) is 0 Å². The highest BCUT2D eigenvalue weighted by Gasteiger charge is 2.25. The Morgan fingerprint density at radius 2 is 2.12 bits per heavy atom. The summed E-state index contributed by atoms with van der Waals surface area (Å²) in [7, 11) is 0. The second-order valence-electron chi connectivity index (χ2n) is 4.26. The molecular formula is C13H14BrNO2. The number of rotatable bonds is 2. The van der Waals surface area contributed by atoms with Crippen LogP contribution in [0.5, 0.6) is 5.75 Å². The standard InChI is InChI=1S/C13H14BrNO2/c14-10-5-6-12(9(7-10)8-15)17-13-4-2-1-3-11(13)16/h5-7,11,13,16H,1-4H2. The molecule has 1 aliphatic carbocycles. The number of nitriles is 1. The van der Waals surface area contributed by atoms with Crippen LogP contribution in [-0.2, 0) is 0 Å². The average molecular weight is 296 g/mol. The van der Waals surface area contributed by atoms with Crippen molar-refractivity contribution in [3.8, 4) is 11.8 Å². The van der Waals surface area contributed by atoms with Crippen molar-refractivity contribution < 1.29 is 9.84 Å². The number of nitrogens with zero attached hydrogens (tertiary/aromatic N) is 1. The van der Waals surface area contributed by atoms with Crippen LogP contribution < -0.4 is 4.74 Å². The van der Waals surface area contributed by atoms with Gasteiger partial charge in [-0.1, -0.05) is 22.4 Å². The number of hydrogen-bond donors (Lipinski definition) is 1. The lowest BCUT2D eigenvalue weighted by Crippen LogP contribution is -2.34. The molecule has 2 unspecified atom stereocenters. The van der Waals surface area contributed by atoms with E-state index in [-0.39, 0.29) is 6.10 Å². The maximum Gasteiger partial charge on any atom is 0.137 e. The molecule has 0 bridgehead atoms. The molecule has 0 aliphatic heterocycles. The number of ether oxygens (including phenoxy) is 1. The lowest BCUT2D eigenvalue weighted by atomic mass is 9.95. The third-order valence-corrected chi connectivity index (χ3v) is 3.50. The lowest BCUT2D eigenvalue weighted by Gasteiger charge is -2.28. The van der Waals surface area contributed by atoms with E-state index in [2.05, 4.69) is 22.0 Å². The van der Waals surface area contributed by atoms with Gasteiger partial charge in [-0.05, 0) is 37.5 Å². The Bertz CT molecular complexity index is 442. The van der Waals surface area contributed by atoms with Crippen molar-refractivity contribution in [2.75, 3.05) is 0 Å². The fourth-order valence-corrected chi connectivity index (χ4v) is 2.43. The highest BCUT2D eigenvalue weighted by atomic mass is 79.9. The van der Waals surface area contributed by atoms with Crippen molar-refractivity contribution >= 4 is 15.9 Å². The lowest BCUT2D eigenvalue weighted by molar-refractivity contribution is 0.00673. The SMILES string of the molecule is N#Cc1cc(Br)ccc1OC1CCCCC1O. The summed E-state index contributed by atoms with van der Waals surface area (Å²) in [5.41, 5.74) is 0.497. The van der Waals surface area contributed by atoms with Crippen LogP contribution in [0.25, 0.3) is 0 Å². The van der Waals surface area contributed by atoms with Crippen molar-refractivity contribution in [3.63, 3.8) is 0 Å². The first-order chi connectivity index (χ1) is 8.20. The Labute approximate surface area is 109 Å². The van der Waals surface area contributed by atoms with E-state index in [0.717, 1.165) is 30.2 Å². The minimum absolute atomic E-state index is 0.183. The second kappa shape index (κ2) is 5.52. The number of halogens is 1. The molecule has 2 rings (SSSR count). The summed E-state index contributed by atoms with van der Waals surface area (Å²) < 4.78 is 6.60. The molecule has 3 nitrogen and oxygen atoms in total. The molecule has 1 N–H and O–H groups in total. The van der Waals surface area contributed by atoms with Gasteiger partial charge in [0.05, 0.1) is 11.7 Å². The first kappa shape index (κ1) is 12.4. The largest absolute Gasteiger partial charge is 0.486 e. The predicted octanol–water partition coefficient (Wildman–Crippen LogP) is 3.00. The molecule has 1 fully saturated rings. The molecule has 0 aromatic heterocycles. The first-order valence-corrected chi connectivity index (χ1v) is 6.54. The summed E-state index contributed by atoms with van der Waals surface area (Å²) in [4.78, 5) is 0. The fraction of sp³-hybridized carbons (Fsp3) is 0.462. The van der Waals surface area contributed by atoms with Crippen LogP contribution in [0.15, 0.2) is 22.7 Å². The third-order valence-electron chi connectivity index (χ3n) is 3.01. The van der Waals surface area contributed by atoms with Crippen molar-refractivity contribution in [2.45, 2.75) is 37.9 Å². The maximum atomic E-state index is 9.83. The summed E-state index contributed by atoms with van der Waals surface area (Å²) in [5.74, 6) is 0.557. The molecule has 1 aliphatic rings. The highest BCUT2D eigenvalue weighted by molar-refractivity contribution is 9.10. The molecule has 1 saturated carbocycles. The van der Waals surface area contributed by atoms with Gasteiger partial charge in [-0.2, -0.15) is 5.26 Å². The topological polar surface area (TPSA) is 53.2 Å². The summed E-state index contributed by atoms with van der Waals surface area (Å²) in [6.45, 7) is 0. The Morgan fingerprint density at radius 3 is 2.82 bits per heavy atom. The molecule has 1 aromatic carbocycles. The Morgan fingerprint density at radius 1 is 1.35 bits per heavy atom. The normalized spacial score (nSPS) is 24.1. The van der Waals surface area contributed by atoms with Crippen LogP contribution in [-0.4, -0.2) is 17.3 Å². The number of aliphatic hydroxyl groups is 1. The predicted molar refractivity (Wildman–Crippen MR) is 67.7 cm³/mol. The molecule has 1 aromatic rings. The summed E-state index contributed by atoms with van der Waals surface area (Å²) in [6, 6.07) is 7.44. The average Bonchev–Trinajstić information content (AvgIpc) is 2.34.